The molecule has 1 amide bonds. The van der Waals surface area contributed by atoms with Gasteiger partial charge in [-0.3, -0.25) is 14.5 Å². The molecule has 34 heavy (non-hydrogen) atoms. The summed E-state index contributed by atoms with van der Waals surface area (Å²) >= 11 is 12.0. The van der Waals surface area contributed by atoms with Crippen LogP contribution in [0.1, 0.15) is 30.5 Å². The van der Waals surface area contributed by atoms with Crippen LogP contribution in [0.5, 0.6) is 5.75 Å². The molecule has 0 aromatic heterocycles. The zero-order valence-electron chi connectivity index (χ0n) is 18.1. The molecule has 1 heterocycles. The number of hydrogen-bond donors (Lipinski definition) is 1. The first-order valence-corrected chi connectivity index (χ1v) is 11.3. The van der Waals surface area contributed by atoms with Gasteiger partial charge < -0.3 is 9.84 Å². The van der Waals surface area contributed by atoms with Crippen LogP contribution in [0.25, 0.3) is 5.76 Å². The molecule has 0 aliphatic carbocycles. The molecule has 174 valence electrons. The van der Waals surface area contributed by atoms with Gasteiger partial charge in [0.15, 0.2) is 0 Å². The number of carbonyl (C=O) groups is 2. The monoisotopic (exact) mass is 499 g/mol. The van der Waals surface area contributed by atoms with Crippen molar-refractivity contribution in [2.75, 3.05) is 11.5 Å². The summed E-state index contributed by atoms with van der Waals surface area (Å²) in [6, 6.07) is 16.0. The SMILES string of the molecule is CCCOc1cccc(/C(O)=C2\C(=O)C(=O)N(c3ccc(F)c(Cl)c3)C2c2ccc(Cl)cc2)c1. The van der Waals surface area contributed by atoms with Crippen LogP contribution in [0.2, 0.25) is 10.0 Å². The fraction of sp³-hybridized carbons (Fsp3) is 0.154. The second-order valence-corrected chi connectivity index (χ2v) is 8.54. The Hall–Kier alpha value is -3.35. The van der Waals surface area contributed by atoms with Gasteiger partial charge in [0.05, 0.1) is 23.2 Å². The van der Waals surface area contributed by atoms with Crippen LogP contribution in [-0.2, 0) is 9.59 Å². The number of hydrogen-bond acceptors (Lipinski definition) is 4. The van der Waals surface area contributed by atoms with Gasteiger partial charge in [0.25, 0.3) is 11.7 Å². The molecule has 5 nitrogen and oxygen atoms in total. The average Bonchev–Trinajstić information content (AvgIpc) is 3.10. The number of carbonyl (C=O) groups excluding carboxylic acids is 2. The van der Waals surface area contributed by atoms with Crippen molar-refractivity contribution in [3.05, 3.63) is 99.3 Å². The van der Waals surface area contributed by atoms with E-state index in [1.54, 1.807) is 48.5 Å². The van der Waals surface area contributed by atoms with Crippen molar-refractivity contribution in [1.29, 1.82) is 0 Å². The van der Waals surface area contributed by atoms with Crippen LogP contribution in [0.15, 0.2) is 72.3 Å². The van der Waals surface area contributed by atoms with E-state index in [9.17, 15) is 19.1 Å². The highest BCUT2D eigenvalue weighted by molar-refractivity contribution is 6.51. The Morgan fingerprint density at radius 1 is 1.06 bits per heavy atom. The van der Waals surface area contributed by atoms with Gasteiger partial charge in [-0.1, -0.05) is 54.4 Å². The number of halogens is 3. The number of aliphatic hydroxyl groups excluding tert-OH is 1. The molecular weight excluding hydrogens is 480 g/mol. The summed E-state index contributed by atoms with van der Waals surface area (Å²) in [7, 11) is 0. The zero-order chi connectivity index (χ0) is 24.4. The number of amides is 1. The molecule has 1 unspecified atom stereocenters. The molecular formula is C26H20Cl2FNO4. The highest BCUT2D eigenvalue weighted by Gasteiger charge is 2.47. The maximum atomic E-state index is 13.8. The van der Waals surface area contributed by atoms with E-state index in [1.807, 2.05) is 6.92 Å². The van der Waals surface area contributed by atoms with E-state index in [1.165, 1.54) is 17.0 Å². The minimum atomic E-state index is -0.987. The van der Waals surface area contributed by atoms with Gasteiger partial charge in [-0.05, 0) is 54.4 Å². The molecule has 3 aromatic carbocycles. The van der Waals surface area contributed by atoms with Crippen molar-refractivity contribution in [2.45, 2.75) is 19.4 Å². The second-order valence-electron chi connectivity index (χ2n) is 7.70. The molecule has 1 aliphatic rings. The van der Waals surface area contributed by atoms with E-state index in [0.717, 1.165) is 12.5 Å². The van der Waals surface area contributed by atoms with Crippen molar-refractivity contribution < 1.29 is 23.8 Å². The molecule has 0 radical (unpaired) electrons. The number of Topliss-reactive ketones (excluding diaryl/α,β-unsaturated/α-hetero) is 1. The third-order valence-electron chi connectivity index (χ3n) is 5.39. The summed E-state index contributed by atoms with van der Waals surface area (Å²) in [5.74, 6) is -2.24. The van der Waals surface area contributed by atoms with E-state index in [-0.39, 0.29) is 22.0 Å². The number of ether oxygens (including phenoxy) is 1. The fourth-order valence-electron chi connectivity index (χ4n) is 3.80. The summed E-state index contributed by atoms with van der Waals surface area (Å²) in [5.41, 5.74) is 0.958. The molecule has 0 saturated carbocycles. The van der Waals surface area contributed by atoms with Gasteiger partial charge in [0, 0.05) is 16.3 Å². The van der Waals surface area contributed by atoms with E-state index in [4.69, 9.17) is 27.9 Å². The zero-order valence-corrected chi connectivity index (χ0v) is 19.6. The quantitative estimate of drug-likeness (QED) is 0.237. The summed E-state index contributed by atoms with van der Waals surface area (Å²) < 4.78 is 19.4. The molecule has 4 rings (SSSR count). The second kappa shape index (κ2) is 9.87. The maximum absolute atomic E-state index is 13.8. The Kier molecular flexibility index (Phi) is 6.91. The van der Waals surface area contributed by atoms with Crippen molar-refractivity contribution in [1.82, 2.24) is 0 Å². The molecule has 0 spiro atoms. The number of ketones is 1. The highest BCUT2D eigenvalue weighted by Crippen LogP contribution is 2.43. The Balaban J connectivity index is 1.89. The van der Waals surface area contributed by atoms with E-state index in [0.29, 0.717) is 28.5 Å². The molecule has 1 fully saturated rings. The molecule has 1 saturated heterocycles. The van der Waals surface area contributed by atoms with Gasteiger partial charge in [-0.15, -0.1) is 0 Å². The average molecular weight is 500 g/mol. The first-order valence-electron chi connectivity index (χ1n) is 10.6. The Morgan fingerprint density at radius 3 is 2.47 bits per heavy atom. The van der Waals surface area contributed by atoms with Gasteiger partial charge in [-0.2, -0.15) is 0 Å². The van der Waals surface area contributed by atoms with Crippen molar-refractivity contribution >= 4 is 46.3 Å². The molecule has 0 bridgehead atoms. The Labute approximate surface area is 206 Å². The Morgan fingerprint density at radius 2 is 1.79 bits per heavy atom. The van der Waals surface area contributed by atoms with Crippen LogP contribution >= 0.6 is 23.2 Å². The number of benzene rings is 3. The van der Waals surface area contributed by atoms with E-state index in [2.05, 4.69) is 0 Å². The normalized spacial score (nSPS) is 17.3. The lowest BCUT2D eigenvalue weighted by Gasteiger charge is -2.25. The largest absolute Gasteiger partial charge is 0.507 e. The third-order valence-corrected chi connectivity index (χ3v) is 5.93. The van der Waals surface area contributed by atoms with Crippen LogP contribution < -0.4 is 9.64 Å². The lowest BCUT2D eigenvalue weighted by molar-refractivity contribution is -0.132. The van der Waals surface area contributed by atoms with Crippen molar-refractivity contribution in [3.63, 3.8) is 0 Å². The minimum Gasteiger partial charge on any atom is -0.507 e. The van der Waals surface area contributed by atoms with Gasteiger partial charge in [-0.25, -0.2) is 4.39 Å². The number of aliphatic hydroxyl groups is 1. The smallest absolute Gasteiger partial charge is 0.300 e. The summed E-state index contributed by atoms with van der Waals surface area (Å²) in [5, 5.41) is 11.5. The molecule has 3 aromatic rings. The maximum Gasteiger partial charge on any atom is 0.300 e. The first-order chi connectivity index (χ1) is 16.3. The van der Waals surface area contributed by atoms with Gasteiger partial charge >= 0.3 is 0 Å². The number of nitrogens with zero attached hydrogens (tertiary/aromatic N) is 1. The Bertz CT molecular complexity index is 1290. The molecule has 1 N–H and O–H groups in total. The fourth-order valence-corrected chi connectivity index (χ4v) is 4.10. The van der Waals surface area contributed by atoms with Crippen LogP contribution in [-0.4, -0.2) is 23.4 Å². The molecule has 1 aliphatic heterocycles. The lowest BCUT2D eigenvalue weighted by atomic mass is 9.95. The number of rotatable bonds is 6. The third kappa shape index (κ3) is 4.52. The van der Waals surface area contributed by atoms with Crippen LogP contribution in [0, 0.1) is 5.82 Å². The van der Waals surface area contributed by atoms with Crippen molar-refractivity contribution in [3.8, 4) is 5.75 Å². The molecule has 8 heteroatoms. The predicted octanol–water partition coefficient (Wildman–Crippen LogP) is 6.55. The van der Waals surface area contributed by atoms with Gasteiger partial charge in [0.1, 0.15) is 17.3 Å². The highest BCUT2D eigenvalue weighted by atomic mass is 35.5. The minimum absolute atomic E-state index is 0.111. The topological polar surface area (TPSA) is 66.8 Å². The van der Waals surface area contributed by atoms with Gasteiger partial charge in [0.2, 0.25) is 0 Å². The molecule has 1 atom stereocenters. The lowest BCUT2D eigenvalue weighted by Crippen LogP contribution is -2.29. The van der Waals surface area contributed by atoms with E-state index < -0.39 is 23.5 Å². The van der Waals surface area contributed by atoms with E-state index >= 15 is 0 Å². The summed E-state index contributed by atoms with van der Waals surface area (Å²) in [4.78, 5) is 27.5. The standard InChI is InChI=1S/C26H20Cl2FNO4/c1-2-12-34-19-5-3-4-16(13-19)24(31)22-23(15-6-8-17(27)9-7-15)30(26(33)25(22)32)18-10-11-21(29)20(28)14-18/h3-11,13-14,23,31H,2,12H2,1H3/b24-22+. The first kappa shape index (κ1) is 23.8. The summed E-state index contributed by atoms with van der Waals surface area (Å²) in [6.07, 6.45) is 0.804. The van der Waals surface area contributed by atoms with Crippen LogP contribution in [0.3, 0.4) is 0 Å². The van der Waals surface area contributed by atoms with Crippen molar-refractivity contribution in [2.24, 2.45) is 0 Å². The predicted molar refractivity (Wildman–Crippen MR) is 130 cm³/mol. The van der Waals surface area contributed by atoms with Crippen LogP contribution in [0.4, 0.5) is 10.1 Å². The summed E-state index contributed by atoms with van der Waals surface area (Å²) in [6.45, 7) is 2.46. The number of anilines is 1.